The van der Waals surface area contributed by atoms with Gasteiger partial charge in [0.2, 0.25) is 0 Å². The monoisotopic (exact) mass is 436 g/mol. The summed E-state index contributed by atoms with van der Waals surface area (Å²) in [5.74, 6) is -1.87. The molecule has 0 fully saturated rings. The molecule has 0 bridgehead atoms. The van der Waals surface area contributed by atoms with Gasteiger partial charge in [-0.15, -0.1) is 5.06 Å². The molecular weight excluding hydrogens is 411 g/mol. The van der Waals surface area contributed by atoms with E-state index in [-0.39, 0.29) is 12.5 Å². The van der Waals surface area contributed by atoms with Gasteiger partial charge in [-0.1, -0.05) is 30.3 Å². The van der Waals surface area contributed by atoms with Crippen LogP contribution in [-0.4, -0.2) is 35.8 Å². The molecule has 1 amide bonds. The first kappa shape index (κ1) is 21.9. The molecule has 2 heterocycles. The highest BCUT2D eigenvalue weighted by molar-refractivity contribution is 6.52. The van der Waals surface area contributed by atoms with Crippen LogP contribution in [0.1, 0.15) is 48.7 Å². The van der Waals surface area contributed by atoms with Gasteiger partial charge >= 0.3 is 5.97 Å². The minimum atomic E-state index is -0.617. The molecular formula is C25H25FN2O4. The molecule has 0 aliphatic carbocycles. The minimum Gasteiger partial charge on any atom is -0.367 e. The Kier molecular flexibility index (Phi) is 5.69. The predicted octanol–water partition coefficient (Wildman–Crippen LogP) is 4.15. The van der Waals surface area contributed by atoms with Gasteiger partial charge in [0.15, 0.2) is 0 Å². The van der Waals surface area contributed by atoms with Crippen LogP contribution in [0, 0.1) is 11.2 Å². The number of halogens is 1. The first-order chi connectivity index (χ1) is 15.1. The zero-order valence-electron chi connectivity index (χ0n) is 18.4. The summed E-state index contributed by atoms with van der Waals surface area (Å²) in [5.41, 5.74) is 2.56. The maximum absolute atomic E-state index is 13.6. The zero-order chi connectivity index (χ0) is 23.0. The van der Waals surface area contributed by atoms with Crippen molar-refractivity contribution < 1.29 is 23.6 Å². The zero-order valence-corrected chi connectivity index (χ0v) is 18.4. The van der Waals surface area contributed by atoms with Crippen LogP contribution in [0.4, 0.5) is 10.1 Å². The Morgan fingerprint density at radius 1 is 1.12 bits per heavy atom. The first-order valence-corrected chi connectivity index (χ1v) is 10.6. The molecule has 0 saturated heterocycles. The largest absolute Gasteiger partial charge is 0.367 e. The van der Waals surface area contributed by atoms with E-state index in [1.807, 2.05) is 18.2 Å². The third-order valence-electron chi connectivity index (χ3n) is 5.57. The summed E-state index contributed by atoms with van der Waals surface area (Å²) >= 11 is 0. The quantitative estimate of drug-likeness (QED) is 0.674. The van der Waals surface area contributed by atoms with Gasteiger partial charge in [0.05, 0.1) is 29.8 Å². The van der Waals surface area contributed by atoms with Crippen LogP contribution in [0.5, 0.6) is 0 Å². The minimum absolute atomic E-state index is 0.119. The fourth-order valence-electron chi connectivity index (χ4n) is 3.82. The van der Waals surface area contributed by atoms with Crippen LogP contribution in [0.2, 0.25) is 0 Å². The molecule has 2 aliphatic rings. The average Bonchev–Trinajstić information content (AvgIpc) is 2.99. The van der Waals surface area contributed by atoms with Crippen molar-refractivity contribution in [3.8, 4) is 0 Å². The van der Waals surface area contributed by atoms with Gasteiger partial charge in [0.25, 0.3) is 11.7 Å². The van der Waals surface area contributed by atoms with Crippen molar-refractivity contribution in [2.24, 2.45) is 5.41 Å². The first-order valence-electron chi connectivity index (χ1n) is 10.6. The average molecular weight is 436 g/mol. The Labute approximate surface area is 186 Å². The van der Waals surface area contributed by atoms with Crippen LogP contribution in [0.3, 0.4) is 0 Å². The number of Topliss-reactive ketones (excluding diaryl/α,β-unsaturated/α-hetero) is 1. The van der Waals surface area contributed by atoms with E-state index in [2.05, 4.69) is 0 Å². The lowest BCUT2D eigenvalue weighted by atomic mass is 9.93. The molecule has 2 aromatic rings. The Balaban J connectivity index is 1.58. The lowest BCUT2D eigenvalue weighted by Crippen LogP contribution is -2.36. The van der Waals surface area contributed by atoms with Gasteiger partial charge in [-0.2, -0.15) is 0 Å². The number of ketones is 1. The lowest BCUT2D eigenvalue weighted by molar-refractivity contribution is -0.198. The summed E-state index contributed by atoms with van der Waals surface area (Å²) in [7, 11) is 0. The van der Waals surface area contributed by atoms with Gasteiger partial charge in [-0.3, -0.25) is 9.59 Å². The van der Waals surface area contributed by atoms with Crippen molar-refractivity contribution in [2.45, 2.75) is 33.7 Å². The normalized spacial score (nSPS) is 16.8. The number of benzene rings is 2. The second-order valence-corrected chi connectivity index (χ2v) is 9.05. The van der Waals surface area contributed by atoms with Gasteiger partial charge in [0.1, 0.15) is 5.82 Å². The van der Waals surface area contributed by atoms with Crippen LogP contribution < -0.4 is 4.90 Å². The number of carbonyl (C=O) groups excluding carboxylic acids is 3. The highest BCUT2D eigenvalue weighted by atomic mass is 19.1. The van der Waals surface area contributed by atoms with E-state index in [4.69, 9.17) is 4.84 Å². The van der Waals surface area contributed by atoms with E-state index in [0.29, 0.717) is 41.9 Å². The molecule has 0 unspecified atom stereocenters. The molecule has 0 aromatic heterocycles. The molecule has 166 valence electrons. The van der Waals surface area contributed by atoms with Crippen LogP contribution in [-0.2, 0) is 21.0 Å². The van der Waals surface area contributed by atoms with Crippen molar-refractivity contribution >= 4 is 28.9 Å². The number of rotatable bonds is 4. The number of fused-ring (bicyclic) bond motifs is 1. The Morgan fingerprint density at radius 2 is 1.88 bits per heavy atom. The standard InChI is InChI=1S/C25H25FN2O4/c1-25(2,3)24(31)32-27-12-10-17(11-13-27)19-8-5-9-20-21(19)22(29)23(30)28(20)15-16-6-4-7-18(26)14-16/h4-10,14H,11-13,15H2,1-3H3. The van der Waals surface area contributed by atoms with Crippen molar-refractivity contribution in [3.63, 3.8) is 0 Å². The Hall–Kier alpha value is -3.32. The number of anilines is 1. The number of nitrogens with zero attached hydrogens (tertiary/aromatic N) is 2. The third-order valence-corrected chi connectivity index (χ3v) is 5.57. The summed E-state index contributed by atoms with van der Waals surface area (Å²) in [6.07, 6.45) is 2.49. The van der Waals surface area contributed by atoms with E-state index in [0.717, 1.165) is 5.57 Å². The number of hydrogen-bond donors (Lipinski definition) is 0. The topological polar surface area (TPSA) is 66.9 Å². The van der Waals surface area contributed by atoms with Gasteiger partial charge in [-0.05, 0) is 62.1 Å². The molecule has 0 N–H and O–H groups in total. The van der Waals surface area contributed by atoms with Gasteiger partial charge in [0, 0.05) is 6.54 Å². The summed E-state index contributed by atoms with van der Waals surface area (Å²) in [5, 5.41) is 1.60. The SMILES string of the molecule is CC(C)(C)C(=O)ON1CC=C(c2cccc3c2C(=O)C(=O)N3Cc2cccc(F)c2)CC1. The molecule has 2 aliphatic heterocycles. The van der Waals surface area contributed by atoms with Gasteiger partial charge < -0.3 is 9.74 Å². The summed E-state index contributed by atoms with van der Waals surface area (Å²) in [6.45, 7) is 6.40. The van der Waals surface area contributed by atoms with Crippen LogP contribution in [0.15, 0.2) is 48.5 Å². The number of hydrogen-bond acceptors (Lipinski definition) is 5. The second-order valence-electron chi connectivity index (χ2n) is 9.05. The van der Waals surface area contributed by atoms with E-state index in [1.54, 1.807) is 44.0 Å². The third kappa shape index (κ3) is 4.21. The summed E-state index contributed by atoms with van der Waals surface area (Å²) in [6, 6.07) is 11.4. The van der Waals surface area contributed by atoms with E-state index >= 15 is 0 Å². The van der Waals surface area contributed by atoms with Crippen molar-refractivity contribution in [3.05, 3.63) is 71.0 Å². The molecule has 7 heteroatoms. The molecule has 4 rings (SSSR count). The molecule has 2 aromatic carbocycles. The van der Waals surface area contributed by atoms with E-state index in [9.17, 15) is 18.8 Å². The van der Waals surface area contributed by atoms with Crippen molar-refractivity contribution in [2.75, 3.05) is 18.0 Å². The molecule has 32 heavy (non-hydrogen) atoms. The summed E-state index contributed by atoms with van der Waals surface area (Å²) < 4.78 is 13.6. The highest BCUT2D eigenvalue weighted by Gasteiger charge is 2.38. The second kappa shape index (κ2) is 8.31. The predicted molar refractivity (Wildman–Crippen MR) is 118 cm³/mol. The molecule has 0 saturated carbocycles. The van der Waals surface area contributed by atoms with Crippen LogP contribution >= 0.6 is 0 Å². The molecule has 6 nitrogen and oxygen atoms in total. The van der Waals surface area contributed by atoms with Crippen molar-refractivity contribution in [1.82, 2.24) is 5.06 Å². The lowest BCUT2D eigenvalue weighted by Gasteiger charge is -2.28. The fourth-order valence-corrected chi connectivity index (χ4v) is 3.82. The van der Waals surface area contributed by atoms with Crippen molar-refractivity contribution in [1.29, 1.82) is 0 Å². The maximum Gasteiger partial charge on any atom is 0.330 e. The Morgan fingerprint density at radius 3 is 2.53 bits per heavy atom. The summed E-state index contributed by atoms with van der Waals surface area (Å²) in [4.78, 5) is 44.6. The molecule has 0 spiro atoms. The fraction of sp³-hybridized carbons (Fsp3) is 0.320. The van der Waals surface area contributed by atoms with E-state index < -0.39 is 22.9 Å². The van der Waals surface area contributed by atoms with Crippen LogP contribution in [0.25, 0.3) is 5.57 Å². The maximum atomic E-state index is 13.6. The highest BCUT2D eigenvalue weighted by Crippen LogP contribution is 2.37. The van der Waals surface area contributed by atoms with E-state index in [1.165, 1.54) is 17.0 Å². The molecule has 0 radical (unpaired) electrons. The number of hydroxylamine groups is 2. The smallest absolute Gasteiger partial charge is 0.330 e. The van der Waals surface area contributed by atoms with Gasteiger partial charge in [-0.25, -0.2) is 9.18 Å². The number of carbonyl (C=O) groups is 3. The Bertz CT molecular complexity index is 1130. The molecule has 0 atom stereocenters. The number of amides is 1.